The Morgan fingerprint density at radius 1 is 1.15 bits per heavy atom. The molecular formula is C15H24N4S. The van der Waals surface area contributed by atoms with Gasteiger partial charge in [0.25, 0.3) is 0 Å². The van der Waals surface area contributed by atoms with E-state index in [0.29, 0.717) is 0 Å². The lowest BCUT2D eigenvalue weighted by molar-refractivity contribution is 0.515. The van der Waals surface area contributed by atoms with E-state index in [1.165, 1.54) is 32.1 Å². The number of hydrogen-bond acceptors (Lipinski definition) is 4. The van der Waals surface area contributed by atoms with Crippen LogP contribution < -0.4 is 0 Å². The van der Waals surface area contributed by atoms with Gasteiger partial charge in [-0.05, 0) is 25.0 Å². The van der Waals surface area contributed by atoms with Crippen molar-refractivity contribution >= 4 is 17.4 Å². The molecule has 0 bridgehead atoms. The minimum atomic E-state index is 0.741. The van der Waals surface area contributed by atoms with Crippen molar-refractivity contribution in [3.8, 4) is 0 Å². The van der Waals surface area contributed by atoms with E-state index in [4.69, 9.17) is 0 Å². The van der Waals surface area contributed by atoms with E-state index in [9.17, 15) is 0 Å². The molecule has 0 saturated heterocycles. The maximum Gasteiger partial charge on any atom is 0.177 e. The molecule has 1 saturated carbocycles. The first-order chi connectivity index (χ1) is 9.86. The van der Waals surface area contributed by atoms with E-state index in [1.807, 2.05) is 36.2 Å². The first kappa shape index (κ1) is 15.3. The van der Waals surface area contributed by atoms with Crippen LogP contribution >= 0.6 is 11.8 Å². The van der Waals surface area contributed by atoms with Crippen molar-refractivity contribution in [3.05, 3.63) is 18.0 Å². The Kier molecular flexibility index (Phi) is 5.83. The predicted molar refractivity (Wildman–Crippen MR) is 84.2 cm³/mol. The van der Waals surface area contributed by atoms with Crippen molar-refractivity contribution in [1.29, 1.82) is 0 Å². The fourth-order valence-electron chi connectivity index (χ4n) is 2.45. The second kappa shape index (κ2) is 7.62. The average molecular weight is 292 g/mol. The van der Waals surface area contributed by atoms with Gasteiger partial charge in [0.1, 0.15) is 5.03 Å². The molecule has 110 valence electrons. The highest BCUT2D eigenvalue weighted by atomic mass is 32.2. The molecule has 1 aliphatic rings. The molecule has 2 aromatic rings. The third-order valence-corrected chi connectivity index (χ3v) is 4.72. The molecular weight excluding hydrogens is 268 g/mol. The zero-order valence-electron chi connectivity index (χ0n) is 12.7. The zero-order valence-corrected chi connectivity index (χ0v) is 13.5. The lowest BCUT2D eigenvalue weighted by atomic mass is 10.0. The molecule has 20 heavy (non-hydrogen) atoms. The van der Waals surface area contributed by atoms with Gasteiger partial charge >= 0.3 is 0 Å². The van der Waals surface area contributed by atoms with Crippen molar-refractivity contribution in [3.63, 3.8) is 0 Å². The smallest absolute Gasteiger partial charge is 0.177 e. The second-order valence-electron chi connectivity index (χ2n) is 4.79. The molecule has 0 radical (unpaired) electrons. The van der Waals surface area contributed by atoms with E-state index in [2.05, 4.69) is 28.3 Å². The SMILES string of the molecule is CC.CCc1nnc2ccc(SC3CCCCC3)nn12. The van der Waals surface area contributed by atoms with E-state index >= 15 is 0 Å². The lowest BCUT2D eigenvalue weighted by Gasteiger charge is -2.20. The molecule has 0 spiro atoms. The monoisotopic (exact) mass is 292 g/mol. The van der Waals surface area contributed by atoms with E-state index < -0.39 is 0 Å². The lowest BCUT2D eigenvalue weighted by Crippen LogP contribution is -2.09. The van der Waals surface area contributed by atoms with Crippen LogP contribution in [0.3, 0.4) is 0 Å². The Morgan fingerprint density at radius 2 is 1.90 bits per heavy atom. The van der Waals surface area contributed by atoms with Gasteiger partial charge in [-0.3, -0.25) is 0 Å². The number of aryl methyl sites for hydroxylation is 1. The van der Waals surface area contributed by atoms with Crippen molar-refractivity contribution < 1.29 is 0 Å². The molecule has 0 aliphatic heterocycles. The van der Waals surface area contributed by atoms with Gasteiger partial charge in [0.15, 0.2) is 11.5 Å². The number of nitrogens with zero attached hydrogens (tertiary/aromatic N) is 4. The molecule has 2 heterocycles. The Bertz CT molecular complexity index is 532. The minimum Gasteiger partial charge on any atom is -0.196 e. The number of rotatable bonds is 3. The summed E-state index contributed by atoms with van der Waals surface area (Å²) in [7, 11) is 0. The summed E-state index contributed by atoms with van der Waals surface area (Å²) in [5, 5.41) is 14.8. The van der Waals surface area contributed by atoms with Crippen LogP contribution in [-0.4, -0.2) is 25.1 Å². The Balaban J connectivity index is 0.000000704. The molecule has 3 rings (SSSR count). The summed E-state index contributed by atoms with van der Waals surface area (Å²) in [5.41, 5.74) is 0.847. The van der Waals surface area contributed by atoms with Crippen LogP contribution in [0.4, 0.5) is 0 Å². The third kappa shape index (κ3) is 3.51. The first-order valence-corrected chi connectivity index (χ1v) is 8.63. The summed E-state index contributed by atoms with van der Waals surface area (Å²) in [6.45, 7) is 6.08. The summed E-state index contributed by atoms with van der Waals surface area (Å²) in [6.07, 6.45) is 7.65. The fourth-order valence-corrected chi connectivity index (χ4v) is 3.64. The molecule has 1 fully saturated rings. The quantitative estimate of drug-likeness (QED) is 0.853. The summed E-state index contributed by atoms with van der Waals surface area (Å²) >= 11 is 1.91. The molecule has 4 nitrogen and oxygen atoms in total. The van der Waals surface area contributed by atoms with Gasteiger partial charge in [-0.1, -0.05) is 40.0 Å². The molecule has 2 aromatic heterocycles. The van der Waals surface area contributed by atoms with E-state index in [-0.39, 0.29) is 0 Å². The van der Waals surface area contributed by atoms with Crippen LogP contribution in [0.5, 0.6) is 0 Å². The third-order valence-electron chi connectivity index (χ3n) is 3.46. The van der Waals surface area contributed by atoms with Gasteiger partial charge in [0, 0.05) is 11.7 Å². The molecule has 1 aliphatic carbocycles. The summed E-state index contributed by atoms with van der Waals surface area (Å²) in [5.74, 6) is 0.941. The fraction of sp³-hybridized carbons (Fsp3) is 0.667. The number of thioether (sulfide) groups is 1. The van der Waals surface area contributed by atoms with Gasteiger partial charge < -0.3 is 0 Å². The van der Waals surface area contributed by atoms with Crippen LogP contribution in [-0.2, 0) is 6.42 Å². The van der Waals surface area contributed by atoms with Crippen molar-refractivity contribution in [2.24, 2.45) is 0 Å². The number of fused-ring (bicyclic) bond motifs is 1. The summed E-state index contributed by atoms with van der Waals surface area (Å²) in [6, 6.07) is 4.09. The summed E-state index contributed by atoms with van der Waals surface area (Å²) in [4.78, 5) is 0. The number of hydrogen-bond donors (Lipinski definition) is 0. The van der Waals surface area contributed by atoms with Gasteiger partial charge in [0.05, 0.1) is 0 Å². The highest BCUT2D eigenvalue weighted by molar-refractivity contribution is 7.99. The van der Waals surface area contributed by atoms with Crippen LogP contribution in [0.25, 0.3) is 5.65 Å². The van der Waals surface area contributed by atoms with E-state index in [1.54, 1.807) is 0 Å². The molecule has 5 heteroatoms. The van der Waals surface area contributed by atoms with Crippen LogP contribution in [0.2, 0.25) is 0 Å². The van der Waals surface area contributed by atoms with Crippen LogP contribution in [0, 0.1) is 0 Å². The highest BCUT2D eigenvalue weighted by Crippen LogP contribution is 2.32. The van der Waals surface area contributed by atoms with Crippen molar-refractivity contribution in [2.45, 2.75) is 69.6 Å². The average Bonchev–Trinajstić information content (AvgIpc) is 2.93. The van der Waals surface area contributed by atoms with Crippen molar-refractivity contribution in [2.75, 3.05) is 0 Å². The van der Waals surface area contributed by atoms with Gasteiger partial charge in [-0.25, -0.2) is 0 Å². The maximum absolute atomic E-state index is 4.65. The van der Waals surface area contributed by atoms with E-state index in [0.717, 1.165) is 28.2 Å². The molecule has 0 N–H and O–H groups in total. The topological polar surface area (TPSA) is 43.1 Å². The van der Waals surface area contributed by atoms with Gasteiger partial charge in [-0.15, -0.1) is 22.0 Å². The molecule has 0 amide bonds. The number of aromatic nitrogens is 4. The molecule has 0 aromatic carbocycles. The first-order valence-electron chi connectivity index (χ1n) is 7.75. The normalized spacial score (nSPS) is 15.9. The summed E-state index contributed by atoms with van der Waals surface area (Å²) < 4.78 is 1.88. The van der Waals surface area contributed by atoms with Gasteiger partial charge in [-0.2, -0.15) is 9.61 Å². The maximum atomic E-state index is 4.65. The second-order valence-corrected chi connectivity index (χ2v) is 6.11. The highest BCUT2D eigenvalue weighted by Gasteiger charge is 2.16. The predicted octanol–water partition coefficient (Wildman–Crippen LogP) is 4.14. The largest absolute Gasteiger partial charge is 0.196 e. The molecule has 0 unspecified atom stereocenters. The Labute approximate surface area is 125 Å². The zero-order chi connectivity index (χ0) is 14.4. The molecule has 0 atom stereocenters. The standard InChI is InChI=1S/C13H18N4S.C2H6/c1-2-11-14-15-12-8-9-13(16-17(11)12)18-10-6-4-3-5-7-10;1-2/h8-10H,2-7H2,1H3;1-2H3. The van der Waals surface area contributed by atoms with Crippen LogP contribution in [0.15, 0.2) is 17.2 Å². The van der Waals surface area contributed by atoms with Crippen LogP contribution in [0.1, 0.15) is 58.7 Å². The van der Waals surface area contributed by atoms with Gasteiger partial charge in [0.2, 0.25) is 0 Å². The Hall–Kier alpha value is -1.10. The Morgan fingerprint density at radius 3 is 2.60 bits per heavy atom. The minimum absolute atomic E-state index is 0.741. The van der Waals surface area contributed by atoms with Crippen molar-refractivity contribution in [1.82, 2.24) is 19.8 Å².